The second-order valence-corrected chi connectivity index (χ2v) is 4.09. The number of aliphatic hydroxyl groups excluding tert-OH is 1. The third-order valence-electron chi connectivity index (χ3n) is 2.93. The molecule has 2 aliphatic rings. The minimum absolute atomic E-state index is 0.116. The number of morpholine rings is 1. The summed E-state index contributed by atoms with van der Waals surface area (Å²) in [6.07, 6.45) is 0.0655. The van der Waals surface area contributed by atoms with Crippen molar-refractivity contribution in [1.82, 2.24) is 10.2 Å². The average molecular weight is 230 g/mol. The van der Waals surface area contributed by atoms with Crippen LogP contribution in [0.1, 0.15) is 6.42 Å². The normalized spacial score (nSPS) is 31.2. The summed E-state index contributed by atoms with van der Waals surface area (Å²) in [5.74, 6) is 0. The van der Waals surface area contributed by atoms with Gasteiger partial charge in [0, 0.05) is 19.7 Å². The minimum Gasteiger partial charge on any atom is -0.389 e. The Kier molecular flexibility index (Phi) is 3.98. The van der Waals surface area contributed by atoms with Crippen molar-refractivity contribution < 1.29 is 19.4 Å². The van der Waals surface area contributed by atoms with Crippen molar-refractivity contribution in [2.24, 2.45) is 0 Å². The fourth-order valence-electron chi connectivity index (χ4n) is 1.91. The third kappa shape index (κ3) is 2.84. The first-order valence-corrected chi connectivity index (χ1v) is 5.66. The summed E-state index contributed by atoms with van der Waals surface area (Å²) in [4.78, 5) is 13.5. The molecule has 0 bridgehead atoms. The van der Waals surface area contributed by atoms with Crippen LogP contribution < -0.4 is 5.32 Å². The fourth-order valence-corrected chi connectivity index (χ4v) is 1.91. The molecule has 0 unspecified atom stereocenters. The number of amides is 2. The lowest BCUT2D eigenvalue weighted by Crippen LogP contribution is -2.54. The van der Waals surface area contributed by atoms with E-state index in [1.54, 1.807) is 4.90 Å². The number of nitrogens with zero attached hydrogens (tertiary/aromatic N) is 1. The molecule has 2 amide bonds. The number of nitrogens with one attached hydrogen (secondary N) is 1. The minimum atomic E-state index is -0.598. The van der Waals surface area contributed by atoms with E-state index in [2.05, 4.69) is 5.32 Å². The van der Waals surface area contributed by atoms with E-state index in [0.717, 1.165) is 0 Å². The third-order valence-corrected chi connectivity index (χ3v) is 2.93. The van der Waals surface area contributed by atoms with E-state index in [-0.39, 0.29) is 12.1 Å². The van der Waals surface area contributed by atoms with Gasteiger partial charge in [-0.05, 0) is 6.42 Å². The van der Waals surface area contributed by atoms with Crippen LogP contribution in [-0.2, 0) is 9.47 Å². The first-order chi connectivity index (χ1) is 7.77. The van der Waals surface area contributed by atoms with Crippen LogP contribution >= 0.6 is 0 Å². The fraction of sp³-hybridized carbons (Fsp3) is 0.900. The molecule has 16 heavy (non-hydrogen) atoms. The quantitative estimate of drug-likeness (QED) is 0.617. The predicted octanol–water partition coefficient (Wildman–Crippen LogP) is -0.822. The van der Waals surface area contributed by atoms with E-state index in [4.69, 9.17) is 9.47 Å². The molecule has 2 atom stereocenters. The van der Waals surface area contributed by atoms with Crippen molar-refractivity contribution in [3.63, 3.8) is 0 Å². The maximum atomic E-state index is 11.8. The molecular weight excluding hydrogens is 212 g/mol. The van der Waals surface area contributed by atoms with Crippen LogP contribution in [0.2, 0.25) is 0 Å². The zero-order valence-electron chi connectivity index (χ0n) is 9.22. The van der Waals surface area contributed by atoms with E-state index < -0.39 is 6.10 Å². The van der Waals surface area contributed by atoms with Gasteiger partial charge >= 0.3 is 6.03 Å². The second kappa shape index (κ2) is 5.47. The van der Waals surface area contributed by atoms with Gasteiger partial charge in [0.1, 0.15) is 0 Å². The SMILES string of the molecule is O=C(N[C@@H]1CCOC[C@H]1O)N1CCOCC1. The van der Waals surface area contributed by atoms with Crippen LogP contribution in [0.5, 0.6) is 0 Å². The Morgan fingerprint density at radius 3 is 2.69 bits per heavy atom. The van der Waals surface area contributed by atoms with Crippen molar-refractivity contribution in [3.8, 4) is 0 Å². The summed E-state index contributed by atoms with van der Waals surface area (Å²) in [6.45, 7) is 3.29. The molecule has 0 aliphatic carbocycles. The maximum Gasteiger partial charge on any atom is 0.317 e. The van der Waals surface area contributed by atoms with Gasteiger partial charge in [-0.25, -0.2) is 4.79 Å². The summed E-state index contributed by atoms with van der Waals surface area (Å²) < 4.78 is 10.3. The monoisotopic (exact) mass is 230 g/mol. The highest BCUT2D eigenvalue weighted by Crippen LogP contribution is 2.08. The number of urea groups is 1. The highest BCUT2D eigenvalue weighted by molar-refractivity contribution is 5.74. The number of ether oxygens (including phenoxy) is 2. The van der Waals surface area contributed by atoms with Crippen LogP contribution in [0.25, 0.3) is 0 Å². The molecule has 0 aromatic heterocycles. The highest BCUT2D eigenvalue weighted by atomic mass is 16.5. The van der Waals surface area contributed by atoms with E-state index >= 15 is 0 Å². The van der Waals surface area contributed by atoms with Gasteiger partial charge in [-0.1, -0.05) is 0 Å². The summed E-state index contributed by atoms with van der Waals surface area (Å²) in [7, 11) is 0. The van der Waals surface area contributed by atoms with Gasteiger partial charge in [-0.2, -0.15) is 0 Å². The van der Waals surface area contributed by atoms with Gasteiger partial charge in [-0.3, -0.25) is 0 Å². The Morgan fingerprint density at radius 1 is 1.25 bits per heavy atom. The highest BCUT2D eigenvalue weighted by Gasteiger charge is 2.27. The molecule has 2 rings (SSSR count). The number of carbonyl (C=O) groups is 1. The van der Waals surface area contributed by atoms with Gasteiger partial charge in [0.25, 0.3) is 0 Å². The molecule has 2 saturated heterocycles. The van der Waals surface area contributed by atoms with Crippen molar-refractivity contribution >= 4 is 6.03 Å². The zero-order chi connectivity index (χ0) is 11.4. The van der Waals surface area contributed by atoms with E-state index in [1.807, 2.05) is 0 Å². The van der Waals surface area contributed by atoms with E-state index in [9.17, 15) is 9.90 Å². The Balaban J connectivity index is 1.80. The maximum absolute atomic E-state index is 11.8. The van der Waals surface area contributed by atoms with Crippen LogP contribution in [0.3, 0.4) is 0 Å². The number of rotatable bonds is 1. The van der Waals surface area contributed by atoms with Crippen LogP contribution in [0, 0.1) is 0 Å². The first-order valence-electron chi connectivity index (χ1n) is 5.66. The Labute approximate surface area is 94.5 Å². The Morgan fingerprint density at radius 2 is 2.00 bits per heavy atom. The average Bonchev–Trinajstić information content (AvgIpc) is 2.33. The molecule has 2 fully saturated rings. The molecular formula is C10H18N2O4. The molecule has 2 heterocycles. The molecule has 0 saturated carbocycles. The summed E-state index contributed by atoms with van der Waals surface area (Å²) >= 11 is 0. The van der Waals surface area contributed by atoms with E-state index in [0.29, 0.717) is 45.9 Å². The first kappa shape index (κ1) is 11.6. The van der Waals surface area contributed by atoms with Gasteiger partial charge in [0.2, 0.25) is 0 Å². The number of aliphatic hydroxyl groups is 1. The summed E-state index contributed by atoms with van der Waals surface area (Å²) in [6, 6.07) is -0.307. The molecule has 6 nitrogen and oxygen atoms in total. The zero-order valence-corrected chi connectivity index (χ0v) is 9.22. The molecule has 0 aromatic rings. The van der Waals surface area contributed by atoms with Crippen molar-refractivity contribution in [2.45, 2.75) is 18.6 Å². The molecule has 92 valence electrons. The molecule has 0 aromatic carbocycles. The van der Waals surface area contributed by atoms with Gasteiger partial charge < -0.3 is 24.8 Å². The van der Waals surface area contributed by atoms with Crippen molar-refractivity contribution in [2.75, 3.05) is 39.5 Å². The number of hydrogen-bond donors (Lipinski definition) is 2. The number of hydrogen-bond acceptors (Lipinski definition) is 4. The van der Waals surface area contributed by atoms with Crippen molar-refractivity contribution in [1.29, 1.82) is 0 Å². The molecule has 0 spiro atoms. The smallest absolute Gasteiger partial charge is 0.317 e. The van der Waals surface area contributed by atoms with E-state index in [1.165, 1.54) is 0 Å². The Bertz CT molecular complexity index is 243. The standard InChI is InChI=1S/C10H18N2O4/c13-9-7-16-4-1-8(9)11-10(14)12-2-5-15-6-3-12/h8-9,13H,1-7H2,(H,11,14)/t8-,9-/m1/s1. The van der Waals surface area contributed by atoms with Crippen LogP contribution in [0.15, 0.2) is 0 Å². The molecule has 6 heteroatoms. The second-order valence-electron chi connectivity index (χ2n) is 4.09. The van der Waals surface area contributed by atoms with Gasteiger partial charge in [0.15, 0.2) is 0 Å². The molecule has 2 aliphatic heterocycles. The predicted molar refractivity (Wildman–Crippen MR) is 56.2 cm³/mol. The molecule has 0 radical (unpaired) electrons. The Hall–Kier alpha value is -0.850. The van der Waals surface area contributed by atoms with Crippen LogP contribution in [-0.4, -0.2) is 67.7 Å². The van der Waals surface area contributed by atoms with Gasteiger partial charge in [-0.15, -0.1) is 0 Å². The van der Waals surface area contributed by atoms with Crippen molar-refractivity contribution in [3.05, 3.63) is 0 Å². The largest absolute Gasteiger partial charge is 0.389 e. The van der Waals surface area contributed by atoms with Crippen LogP contribution in [0.4, 0.5) is 4.79 Å². The lowest BCUT2D eigenvalue weighted by molar-refractivity contribution is -0.0268. The topological polar surface area (TPSA) is 71.0 Å². The summed E-state index contributed by atoms with van der Waals surface area (Å²) in [5, 5.41) is 12.5. The lowest BCUT2D eigenvalue weighted by Gasteiger charge is -2.32. The van der Waals surface area contributed by atoms with Gasteiger partial charge in [0.05, 0.1) is 32.0 Å². The molecule has 2 N–H and O–H groups in total. The lowest BCUT2D eigenvalue weighted by atomic mass is 10.1. The number of carbonyl (C=O) groups excluding carboxylic acids is 1. The summed E-state index contributed by atoms with van der Waals surface area (Å²) in [5.41, 5.74) is 0.